The Bertz CT molecular complexity index is 686. The van der Waals surface area contributed by atoms with E-state index in [1.54, 1.807) is 0 Å². The first kappa shape index (κ1) is 38.1. The molecule has 0 heterocycles. The summed E-state index contributed by atoms with van der Waals surface area (Å²) in [5, 5.41) is 43.5. The second-order valence-corrected chi connectivity index (χ2v) is 14.8. The van der Waals surface area contributed by atoms with Gasteiger partial charge in [0.05, 0.1) is 24.4 Å². The van der Waals surface area contributed by atoms with Gasteiger partial charge in [-0.3, -0.25) is 0 Å². The van der Waals surface area contributed by atoms with Gasteiger partial charge in [-0.05, 0) is 70.1 Å². The van der Waals surface area contributed by atoms with E-state index in [0.717, 1.165) is 19.3 Å². The number of amides is 1. The van der Waals surface area contributed by atoms with Gasteiger partial charge in [0.1, 0.15) is 11.7 Å². The van der Waals surface area contributed by atoms with Crippen molar-refractivity contribution in [3.05, 3.63) is 0 Å². The number of carbonyl (C=O) groups excluding carboxylic acids is 1. The Balaban J connectivity index is 0.000000435. The molecule has 244 valence electrons. The number of hydrogen-bond acceptors (Lipinski definition) is 7. The molecule has 2 unspecified atom stereocenters. The average Bonchev–Trinajstić information content (AvgIpc) is 2.87. The van der Waals surface area contributed by atoms with Crippen molar-refractivity contribution in [1.29, 1.82) is 0 Å². The Labute approximate surface area is 251 Å². The predicted octanol–water partition coefficient (Wildman–Crippen LogP) is 5.67. The van der Waals surface area contributed by atoms with E-state index in [1.807, 2.05) is 48.5 Å². The van der Waals surface area contributed by atoms with Crippen LogP contribution in [0.5, 0.6) is 0 Å². The summed E-state index contributed by atoms with van der Waals surface area (Å²) in [5.74, 6) is 1.81. The van der Waals surface area contributed by atoms with E-state index < -0.39 is 42.2 Å². The lowest BCUT2D eigenvalue weighted by Crippen LogP contribution is -2.51. The molecule has 7 N–H and O–H groups in total. The van der Waals surface area contributed by atoms with Crippen LogP contribution in [-0.2, 0) is 4.74 Å². The molecule has 0 aromatic carbocycles. The highest BCUT2D eigenvalue weighted by molar-refractivity contribution is 5.68. The van der Waals surface area contributed by atoms with Gasteiger partial charge in [-0.25, -0.2) is 4.79 Å². The molecule has 1 amide bonds. The second-order valence-electron chi connectivity index (χ2n) is 14.8. The van der Waals surface area contributed by atoms with Gasteiger partial charge in [0.2, 0.25) is 0 Å². The van der Waals surface area contributed by atoms with Crippen molar-refractivity contribution in [2.24, 2.45) is 29.4 Å². The highest BCUT2D eigenvalue weighted by atomic mass is 16.6. The molecular formula is C33H66N2O6. The highest BCUT2D eigenvalue weighted by Gasteiger charge is 2.32. The summed E-state index contributed by atoms with van der Waals surface area (Å²) in [4.78, 5) is 12.1. The molecule has 8 heteroatoms. The van der Waals surface area contributed by atoms with E-state index in [0.29, 0.717) is 37.0 Å². The average molecular weight is 587 g/mol. The van der Waals surface area contributed by atoms with Gasteiger partial charge >= 0.3 is 6.09 Å². The minimum atomic E-state index is -0.971. The summed E-state index contributed by atoms with van der Waals surface area (Å²) in [6.45, 7) is 13.5. The largest absolute Gasteiger partial charge is 0.444 e. The molecule has 41 heavy (non-hydrogen) atoms. The molecule has 0 aromatic heterocycles. The van der Waals surface area contributed by atoms with Gasteiger partial charge in [-0.2, -0.15) is 0 Å². The first-order valence-corrected chi connectivity index (χ1v) is 16.6. The quantitative estimate of drug-likeness (QED) is 0.163. The zero-order valence-corrected chi connectivity index (χ0v) is 27.4. The molecule has 0 aromatic rings. The molecule has 2 aliphatic carbocycles. The normalized spacial score (nSPS) is 21.8. The lowest BCUT2D eigenvalue weighted by Gasteiger charge is -2.33. The molecule has 2 saturated carbocycles. The zero-order chi connectivity index (χ0) is 31.2. The van der Waals surface area contributed by atoms with Crippen LogP contribution in [0.25, 0.3) is 0 Å². The Kier molecular flexibility index (Phi) is 18.0. The van der Waals surface area contributed by atoms with Gasteiger partial charge in [-0.1, -0.05) is 91.9 Å². The molecular weight excluding hydrogens is 520 g/mol. The van der Waals surface area contributed by atoms with Crippen molar-refractivity contribution in [2.75, 3.05) is 0 Å². The van der Waals surface area contributed by atoms with Crippen LogP contribution in [0.15, 0.2) is 0 Å². The van der Waals surface area contributed by atoms with Crippen LogP contribution in [0, 0.1) is 23.7 Å². The van der Waals surface area contributed by atoms with Crippen LogP contribution in [0.4, 0.5) is 4.79 Å². The SMILES string of the molecule is CC(C)CC(O)C(O)[C@H](CC1CCCCC1)NC(=O)OC(C)(C)C.CC(C)C[C@H](O)[C@H](O)[C@@H](N)CC1CCCCC1. The summed E-state index contributed by atoms with van der Waals surface area (Å²) < 4.78 is 5.33. The maximum atomic E-state index is 12.1. The van der Waals surface area contributed by atoms with Gasteiger partial charge in [0.25, 0.3) is 0 Å². The number of carbonyl (C=O) groups is 1. The number of rotatable bonds is 13. The third kappa shape index (κ3) is 17.1. The van der Waals surface area contributed by atoms with Crippen LogP contribution in [0.1, 0.15) is 138 Å². The minimum absolute atomic E-state index is 0.271. The number of aliphatic hydroxyl groups is 4. The fourth-order valence-corrected chi connectivity index (χ4v) is 6.27. The standard InChI is InChI=1S/C19H37NO4.C14H29NO2/c1-13(2)11-16(21)17(22)15(12-14-9-7-6-8-10-14)20-18(23)24-19(3,4)5;1-10(2)8-13(16)14(17)12(15)9-11-6-4-3-5-7-11/h13-17,21-22H,6-12H2,1-5H3,(H,20,23);10-14,16-17H,3-9,15H2,1-2H3/t15-,16?,17?;12-,13-,14+/m00/s1. The Morgan fingerprint density at radius 3 is 1.59 bits per heavy atom. The number of nitrogens with two attached hydrogens (primary N) is 1. The fraction of sp³-hybridized carbons (Fsp3) is 0.970. The fourth-order valence-electron chi connectivity index (χ4n) is 6.27. The predicted molar refractivity (Wildman–Crippen MR) is 166 cm³/mol. The van der Waals surface area contributed by atoms with Crippen molar-refractivity contribution in [1.82, 2.24) is 5.32 Å². The first-order chi connectivity index (χ1) is 19.1. The Morgan fingerprint density at radius 2 is 1.17 bits per heavy atom. The number of ether oxygens (including phenoxy) is 1. The lowest BCUT2D eigenvalue weighted by atomic mass is 9.82. The molecule has 0 saturated heterocycles. The van der Waals surface area contributed by atoms with Crippen molar-refractivity contribution < 1.29 is 30.0 Å². The first-order valence-electron chi connectivity index (χ1n) is 16.6. The number of hydrogen-bond donors (Lipinski definition) is 6. The number of alkyl carbamates (subject to hydrolysis) is 1. The summed E-state index contributed by atoms with van der Waals surface area (Å²) in [6, 6.07) is -0.747. The van der Waals surface area contributed by atoms with Gasteiger partial charge < -0.3 is 36.2 Å². The van der Waals surface area contributed by atoms with Crippen molar-refractivity contribution in [3.63, 3.8) is 0 Å². The summed E-state index contributed by atoms with van der Waals surface area (Å²) in [5.41, 5.74) is 5.43. The van der Waals surface area contributed by atoms with Crippen LogP contribution in [0.3, 0.4) is 0 Å². The molecule has 0 radical (unpaired) electrons. The number of aliphatic hydroxyl groups excluding tert-OH is 4. The molecule has 2 rings (SSSR count). The number of nitrogens with one attached hydrogen (secondary N) is 1. The van der Waals surface area contributed by atoms with E-state index >= 15 is 0 Å². The molecule has 6 atom stereocenters. The Hall–Kier alpha value is -0.930. The minimum Gasteiger partial charge on any atom is -0.444 e. The van der Waals surface area contributed by atoms with E-state index in [9.17, 15) is 25.2 Å². The van der Waals surface area contributed by atoms with E-state index in [1.165, 1.54) is 51.4 Å². The third-order valence-electron chi connectivity index (χ3n) is 8.41. The topological polar surface area (TPSA) is 145 Å². The van der Waals surface area contributed by atoms with E-state index in [-0.39, 0.29) is 12.0 Å². The zero-order valence-electron chi connectivity index (χ0n) is 27.4. The smallest absolute Gasteiger partial charge is 0.407 e. The Morgan fingerprint density at radius 1 is 0.756 bits per heavy atom. The van der Waals surface area contributed by atoms with Crippen molar-refractivity contribution >= 4 is 6.09 Å². The van der Waals surface area contributed by atoms with Crippen LogP contribution in [0.2, 0.25) is 0 Å². The monoisotopic (exact) mass is 586 g/mol. The van der Waals surface area contributed by atoms with Gasteiger partial charge in [0, 0.05) is 6.04 Å². The molecule has 8 nitrogen and oxygen atoms in total. The van der Waals surface area contributed by atoms with E-state index in [4.69, 9.17) is 10.5 Å². The van der Waals surface area contributed by atoms with Crippen LogP contribution < -0.4 is 11.1 Å². The summed E-state index contributed by atoms with van der Waals surface area (Å²) in [7, 11) is 0. The molecule has 0 spiro atoms. The lowest BCUT2D eigenvalue weighted by molar-refractivity contribution is -0.0232. The summed E-state index contributed by atoms with van der Waals surface area (Å²) >= 11 is 0. The van der Waals surface area contributed by atoms with Crippen LogP contribution in [-0.4, -0.2) is 68.6 Å². The maximum Gasteiger partial charge on any atom is 0.407 e. The van der Waals surface area contributed by atoms with Crippen LogP contribution >= 0.6 is 0 Å². The second kappa shape index (κ2) is 19.4. The van der Waals surface area contributed by atoms with Gasteiger partial charge in [0.15, 0.2) is 0 Å². The third-order valence-corrected chi connectivity index (χ3v) is 8.41. The van der Waals surface area contributed by atoms with Gasteiger partial charge in [-0.15, -0.1) is 0 Å². The molecule has 0 aliphatic heterocycles. The molecule has 2 fully saturated rings. The summed E-state index contributed by atoms with van der Waals surface area (Å²) in [6.07, 6.45) is 11.2. The van der Waals surface area contributed by atoms with E-state index in [2.05, 4.69) is 5.32 Å². The molecule has 0 bridgehead atoms. The molecule has 2 aliphatic rings. The van der Waals surface area contributed by atoms with Crippen molar-refractivity contribution in [3.8, 4) is 0 Å². The van der Waals surface area contributed by atoms with Crippen molar-refractivity contribution in [2.45, 2.75) is 180 Å². The highest BCUT2D eigenvalue weighted by Crippen LogP contribution is 2.30. The maximum absolute atomic E-state index is 12.1.